The molecule has 1 aliphatic rings. The number of carbonyl (C=O) groups is 2. The fourth-order valence-corrected chi connectivity index (χ4v) is 3.65. The van der Waals surface area contributed by atoms with Crippen LogP contribution in [0.1, 0.15) is 11.3 Å². The summed E-state index contributed by atoms with van der Waals surface area (Å²) in [6.07, 6.45) is 1.38. The van der Waals surface area contributed by atoms with Crippen LogP contribution >= 0.6 is 35.4 Å². The Labute approximate surface area is 187 Å². The second-order valence-corrected chi connectivity index (χ2v) is 7.85. The van der Waals surface area contributed by atoms with Gasteiger partial charge in [-0.1, -0.05) is 40.9 Å². The highest BCUT2D eigenvalue weighted by Gasteiger charge is 2.34. The first-order chi connectivity index (χ1) is 14.3. The Bertz CT molecular complexity index is 1220. The van der Waals surface area contributed by atoms with Gasteiger partial charge < -0.3 is 4.42 Å². The molecule has 0 spiro atoms. The Morgan fingerprint density at radius 3 is 2.50 bits per heavy atom. The number of anilines is 1. The minimum Gasteiger partial charge on any atom is -0.457 e. The smallest absolute Gasteiger partial charge is 0.270 e. The van der Waals surface area contributed by atoms with Crippen LogP contribution in [0.5, 0.6) is 0 Å². The lowest BCUT2D eigenvalue weighted by Crippen LogP contribution is -2.54. The van der Waals surface area contributed by atoms with E-state index in [-0.39, 0.29) is 10.7 Å². The largest absolute Gasteiger partial charge is 0.457 e. The van der Waals surface area contributed by atoms with Crippen molar-refractivity contribution in [2.45, 2.75) is 6.92 Å². The maximum absolute atomic E-state index is 13.0. The van der Waals surface area contributed by atoms with Gasteiger partial charge in [0.05, 0.1) is 10.7 Å². The molecule has 150 valence electrons. The highest BCUT2D eigenvalue weighted by Crippen LogP contribution is 2.32. The molecule has 8 heteroatoms. The molecule has 1 saturated heterocycles. The molecule has 1 fully saturated rings. The van der Waals surface area contributed by atoms with Crippen molar-refractivity contribution < 1.29 is 14.0 Å². The number of aryl methyl sites for hydroxylation is 1. The summed E-state index contributed by atoms with van der Waals surface area (Å²) < 4.78 is 5.79. The number of rotatable bonds is 3. The van der Waals surface area contributed by atoms with Gasteiger partial charge in [0.25, 0.3) is 11.8 Å². The number of furan rings is 1. The van der Waals surface area contributed by atoms with Crippen molar-refractivity contribution in [1.29, 1.82) is 0 Å². The average Bonchev–Trinajstić information content (AvgIpc) is 3.17. The maximum Gasteiger partial charge on any atom is 0.270 e. The topological polar surface area (TPSA) is 62.6 Å². The molecule has 1 aliphatic heterocycles. The van der Waals surface area contributed by atoms with Gasteiger partial charge in [0.15, 0.2) is 5.11 Å². The molecule has 0 unspecified atom stereocenters. The lowest BCUT2D eigenvalue weighted by molar-refractivity contribution is -0.122. The Morgan fingerprint density at radius 2 is 1.77 bits per heavy atom. The minimum absolute atomic E-state index is 0.0249. The summed E-state index contributed by atoms with van der Waals surface area (Å²) in [5.74, 6) is -0.349. The molecule has 2 aromatic carbocycles. The summed E-state index contributed by atoms with van der Waals surface area (Å²) in [6, 6.07) is 15.6. The van der Waals surface area contributed by atoms with E-state index in [9.17, 15) is 9.59 Å². The molecule has 2 heterocycles. The molecular weight excluding hydrogens is 443 g/mol. The van der Waals surface area contributed by atoms with Crippen LogP contribution in [-0.4, -0.2) is 16.9 Å². The van der Waals surface area contributed by atoms with Crippen LogP contribution in [0, 0.1) is 6.92 Å². The van der Waals surface area contributed by atoms with Crippen LogP contribution in [0.4, 0.5) is 5.69 Å². The van der Waals surface area contributed by atoms with Gasteiger partial charge in [-0.2, -0.15) is 0 Å². The summed E-state index contributed by atoms with van der Waals surface area (Å²) in [4.78, 5) is 26.7. The van der Waals surface area contributed by atoms with E-state index in [1.165, 1.54) is 11.0 Å². The molecular formula is C22H14Cl2N2O3S. The number of hydrogen-bond acceptors (Lipinski definition) is 4. The Balaban J connectivity index is 1.69. The monoisotopic (exact) mass is 456 g/mol. The molecule has 0 aliphatic carbocycles. The molecule has 1 aromatic heterocycles. The predicted octanol–water partition coefficient (Wildman–Crippen LogP) is 5.39. The van der Waals surface area contributed by atoms with E-state index in [1.807, 2.05) is 19.1 Å². The minimum atomic E-state index is -0.591. The molecule has 0 atom stereocenters. The quantitative estimate of drug-likeness (QED) is 0.325. The average molecular weight is 457 g/mol. The van der Waals surface area contributed by atoms with E-state index in [0.29, 0.717) is 32.8 Å². The molecule has 0 bridgehead atoms. The van der Waals surface area contributed by atoms with Gasteiger partial charge in [-0.05, 0) is 67.7 Å². The Morgan fingerprint density at radius 1 is 1.03 bits per heavy atom. The normalized spacial score (nSPS) is 15.6. The third kappa shape index (κ3) is 3.89. The van der Waals surface area contributed by atoms with E-state index in [4.69, 9.17) is 39.8 Å². The standard InChI is InChI=1S/C22H14Cl2N2O3S/c1-12-2-5-14(6-3-12)26-21(28)17(20(27)25-22(26)30)11-15-7-9-19(29-15)16-10-13(23)4-8-18(16)24/h2-11H,1H3,(H,25,27,30)/b17-11+. The van der Waals surface area contributed by atoms with E-state index >= 15 is 0 Å². The molecule has 5 nitrogen and oxygen atoms in total. The van der Waals surface area contributed by atoms with Crippen LogP contribution in [0.15, 0.2) is 64.6 Å². The molecule has 2 amide bonds. The van der Waals surface area contributed by atoms with Crippen molar-refractivity contribution in [3.63, 3.8) is 0 Å². The van der Waals surface area contributed by atoms with Crippen LogP contribution in [0.25, 0.3) is 17.4 Å². The zero-order valence-corrected chi connectivity index (χ0v) is 17.9. The first kappa shape index (κ1) is 20.3. The lowest BCUT2D eigenvalue weighted by atomic mass is 10.1. The summed E-state index contributed by atoms with van der Waals surface area (Å²) >= 11 is 17.5. The molecule has 0 radical (unpaired) electrons. The first-order valence-corrected chi connectivity index (χ1v) is 10.0. The van der Waals surface area contributed by atoms with Crippen LogP contribution in [0.2, 0.25) is 10.0 Å². The van der Waals surface area contributed by atoms with Gasteiger partial charge in [-0.25, -0.2) is 0 Å². The van der Waals surface area contributed by atoms with Crippen molar-refractivity contribution in [2.24, 2.45) is 0 Å². The molecule has 30 heavy (non-hydrogen) atoms. The number of hydrogen-bond donors (Lipinski definition) is 1. The number of benzene rings is 2. The third-order valence-electron chi connectivity index (χ3n) is 4.50. The summed E-state index contributed by atoms with van der Waals surface area (Å²) in [5, 5.41) is 3.55. The Hall–Kier alpha value is -2.93. The number of halogens is 2. The van der Waals surface area contributed by atoms with Crippen LogP contribution in [0.3, 0.4) is 0 Å². The molecule has 0 saturated carbocycles. The number of thiocarbonyl (C=S) groups is 1. The summed E-state index contributed by atoms with van der Waals surface area (Å²) in [7, 11) is 0. The van der Waals surface area contributed by atoms with Crippen LogP contribution in [-0.2, 0) is 9.59 Å². The fraction of sp³-hybridized carbons (Fsp3) is 0.0455. The van der Waals surface area contributed by atoms with Gasteiger partial charge >= 0.3 is 0 Å². The van der Waals surface area contributed by atoms with Crippen molar-refractivity contribution >= 4 is 64.1 Å². The van der Waals surface area contributed by atoms with E-state index in [2.05, 4.69) is 5.32 Å². The number of nitrogens with zero attached hydrogens (tertiary/aromatic N) is 1. The lowest BCUT2D eigenvalue weighted by Gasteiger charge is -2.28. The van der Waals surface area contributed by atoms with Gasteiger partial charge in [-0.15, -0.1) is 0 Å². The first-order valence-electron chi connectivity index (χ1n) is 8.87. The summed E-state index contributed by atoms with van der Waals surface area (Å²) in [6.45, 7) is 1.94. The van der Waals surface area contributed by atoms with Crippen molar-refractivity contribution in [1.82, 2.24) is 5.32 Å². The fourth-order valence-electron chi connectivity index (χ4n) is 2.99. The molecule has 4 rings (SSSR count). The highest BCUT2D eigenvalue weighted by atomic mass is 35.5. The van der Waals surface area contributed by atoms with Crippen molar-refractivity contribution in [3.05, 3.63) is 81.5 Å². The highest BCUT2D eigenvalue weighted by molar-refractivity contribution is 7.80. The predicted molar refractivity (Wildman–Crippen MR) is 122 cm³/mol. The zero-order chi connectivity index (χ0) is 21.4. The van der Waals surface area contributed by atoms with E-state index < -0.39 is 11.8 Å². The Kier molecular flexibility index (Phi) is 5.47. The second kappa shape index (κ2) is 8.07. The van der Waals surface area contributed by atoms with E-state index in [1.54, 1.807) is 42.5 Å². The van der Waals surface area contributed by atoms with E-state index in [0.717, 1.165) is 5.56 Å². The van der Waals surface area contributed by atoms with Crippen molar-refractivity contribution in [2.75, 3.05) is 4.90 Å². The number of nitrogens with one attached hydrogen (secondary N) is 1. The van der Waals surface area contributed by atoms with Gasteiger partial charge in [0.1, 0.15) is 17.1 Å². The number of carbonyl (C=O) groups excluding carboxylic acids is 2. The third-order valence-corrected chi connectivity index (χ3v) is 5.35. The van der Waals surface area contributed by atoms with Crippen LogP contribution < -0.4 is 10.2 Å². The van der Waals surface area contributed by atoms with Gasteiger partial charge in [0.2, 0.25) is 0 Å². The van der Waals surface area contributed by atoms with Crippen molar-refractivity contribution in [3.8, 4) is 11.3 Å². The zero-order valence-electron chi connectivity index (χ0n) is 15.6. The second-order valence-electron chi connectivity index (χ2n) is 6.62. The SMILES string of the molecule is Cc1ccc(N2C(=O)/C(=C/c3ccc(-c4cc(Cl)ccc4Cl)o3)C(=O)NC2=S)cc1. The maximum atomic E-state index is 13.0. The molecule has 3 aromatic rings. The summed E-state index contributed by atoms with van der Waals surface area (Å²) in [5.41, 5.74) is 2.11. The number of amides is 2. The van der Waals surface area contributed by atoms with Gasteiger partial charge in [-0.3, -0.25) is 19.8 Å². The molecule has 1 N–H and O–H groups in total. The van der Waals surface area contributed by atoms with Gasteiger partial charge in [0, 0.05) is 10.6 Å².